The second-order valence-corrected chi connectivity index (χ2v) is 7.55. The number of pyridine rings is 1. The van der Waals surface area contributed by atoms with Crippen molar-refractivity contribution in [3.05, 3.63) is 60.4 Å². The Bertz CT molecular complexity index is 919. The normalized spacial score (nSPS) is 20.4. The Morgan fingerprint density at radius 1 is 1.17 bits per heavy atom. The molecule has 1 atom stereocenters. The first kappa shape index (κ1) is 19.9. The van der Waals surface area contributed by atoms with Crippen LogP contribution < -0.4 is 10.1 Å². The van der Waals surface area contributed by atoms with E-state index in [0.29, 0.717) is 37.5 Å². The Balaban J connectivity index is 1.28. The average Bonchev–Trinajstić information content (AvgIpc) is 3.20. The van der Waals surface area contributed by atoms with Crippen molar-refractivity contribution in [2.75, 3.05) is 19.7 Å². The van der Waals surface area contributed by atoms with Gasteiger partial charge in [-0.2, -0.15) is 0 Å². The third kappa shape index (κ3) is 4.76. The molecule has 0 unspecified atom stereocenters. The van der Waals surface area contributed by atoms with Gasteiger partial charge in [-0.25, -0.2) is 0 Å². The number of rotatable bonds is 6. The molecule has 1 spiro atoms. The van der Waals surface area contributed by atoms with Crippen molar-refractivity contribution in [1.29, 1.82) is 0 Å². The van der Waals surface area contributed by atoms with E-state index in [9.17, 15) is 9.59 Å². The van der Waals surface area contributed by atoms with Crippen molar-refractivity contribution in [3.8, 4) is 5.75 Å². The van der Waals surface area contributed by atoms with Gasteiger partial charge in [0.25, 0.3) is 11.8 Å². The summed E-state index contributed by atoms with van der Waals surface area (Å²) in [6.07, 6.45) is 5.29. The highest BCUT2D eigenvalue weighted by molar-refractivity contribution is 6.39. The van der Waals surface area contributed by atoms with Gasteiger partial charge in [-0.1, -0.05) is 23.4 Å². The number of hydrogen-bond acceptors (Lipinski definition) is 6. The van der Waals surface area contributed by atoms with Crippen LogP contribution in [0.5, 0.6) is 5.75 Å². The first-order valence-electron chi connectivity index (χ1n) is 10.0. The van der Waals surface area contributed by atoms with Crippen LogP contribution >= 0.6 is 0 Å². The Morgan fingerprint density at radius 2 is 1.97 bits per heavy atom. The molecule has 2 amide bonds. The molecule has 2 aromatic rings. The van der Waals surface area contributed by atoms with Crippen LogP contribution in [0.3, 0.4) is 0 Å². The lowest BCUT2D eigenvalue weighted by atomic mass is 9.88. The van der Waals surface area contributed by atoms with E-state index in [4.69, 9.17) is 9.57 Å². The van der Waals surface area contributed by atoms with E-state index in [1.165, 1.54) is 0 Å². The first-order chi connectivity index (χ1) is 14.6. The van der Waals surface area contributed by atoms with Gasteiger partial charge < -0.3 is 19.8 Å². The Morgan fingerprint density at radius 3 is 2.77 bits per heavy atom. The first-order valence-corrected chi connectivity index (χ1v) is 10.0. The van der Waals surface area contributed by atoms with Gasteiger partial charge in [0.1, 0.15) is 11.5 Å². The van der Waals surface area contributed by atoms with Crippen molar-refractivity contribution < 1.29 is 19.2 Å². The molecule has 2 aliphatic heterocycles. The van der Waals surface area contributed by atoms with Crippen LogP contribution in [0.1, 0.15) is 24.8 Å². The quantitative estimate of drug-likeness (QED) is 0.788. The van der Waals surface area contributed by atoms with Crippen molar-refractivity contribution in [3.63, 3.8) is 0 Å². The fourth-order valence-corrected chi connectivity index (χ4v) is 3.71. The summed E-state index contributed by atoms with van der Waals surface area (Å²) in [4.78, 5) is 36.5. The summed E-state index contributed by atoms with van der Waals surface area (Å²) in [6.45, 7) is 1.41. The second kappa shape index (κ2) is 8.94. The molecule has 0 aliphatic carbocycles. The summed E-state index contributed by atoms with van der Waals surface area (Å²) < 4.78 is 5.58. The van der Waals surface area contributed by atoms with Crippen molar-refractivity contribution in [1.82, 2.24) is 15.2 Å². The minimum Gasteiger partial charge on any atom is -0.484 e. The molecule has 2 aliphatic rings. The average molecular weight is 408 g/mol. The van der Waals surface area contributed by atoms with Gasteiger partial charge in [0.05, 0.1) is 6.54 Å². The van der Waals surface area contributed by atoms with Gasteiger partial charge in [0.15, 0.2) is 12.2 Å². The van der Waals surface area contributed by atoms with Crippen molar-refractivity contribution in [2.45, 2.75) is 31.4 Å². The van der Waals surface area contributed by atoms with Crippen LogP contribution in [-0.4, -0.2) is 52.7 Å². The van der Waals surface area contributed by atoms with Crippen LogP contribution in [-0.2, 0) is 21.0 Å². The molecule has 0 saturated carbocycles. The van der Waals surface area contributed by atoms with E-state index >= 15 is 0 Å². The molecule has 0 bridgehead atoms. The lowest BCUT2D eigenvalue weighted by Gasteiger charge is -2.38. The number of para-hydroxylation sites is 1. The predicted molar refractivity (Wildman–Crippen MR) is 110 cm³/mol. The third-order valence-electron chi connectivity index (χ3n) is 5.30. The van der Waals surface area contributed by atoms with Gasteiger partial charge in [-0.05, 0) is 42.7 Å². The summed E-state index contributed by atoms with van der Waals surface area (Å²) in [7, 11) is 0. The van der Waals surface area contributed by atoms with E-state index in [-0.39, 0.29) is 18.4 Å². The van der Waals surface area contributed by atoms with E-state index in [1.807, 2.05) is 42.5 Å². The molecule has 3 heterocycles. The maximum atomic E-state index is 12.6. The second-order valence-electron chi connectivity index (χ2n) is 7.55. The molecule has 30 heavy (non-hydrogen) atoms. The standard InChI is InChI=1S/C22H24N4O4/c27-20(15-29-18-5-2-1-3-6-18)26-12-4-9-22(16-26)13-19(25-30-22)21(28)24-14-17-7-10-23-11-8-17/h1-3,5-8,10-11H,4,9,12-16H2,(H,24,28)/t22-/m1/s1. The summed E-state index contributed by atoms with van der Waals surface area (Å²) in [6, 6.07) is 12.9. The zero-order chi connectivity index (χ0) is 20.8. The van der Waals surface area contributed by atoms with E-state index < -0.39 is 5.60 Å². The zero-order valence-electron chi connectivity index (χ0n) is 16.6. The van der Waals surface area contributed by atoms with Crippen LogP contribution in [0, 0.1) is 0 Å². The molecule has 4 rings (SSSR count). The van der Waals surface area contributed by atoms with Gasteiger partial charge in [-0.15, -0.1) is 0 Å². The number of carbonyl (C=O) groups is 2. The number of piperidine rings is 1. The number of aromatic nitrogens is 1. The molecule has 0 radical (unpaired) electrons. The summed E-state index contributed by atoms with van der Waals surface area (Å²) in [5.74, 6) is 0.308. The zero-order valence-corrected chi connectivity index (χ0v) is 16.6. The minimum atomic E-state index is -0.635. The SMILES string of the molecule is O=C(NCc1ccncc1)C1=NO[C@]2(CCCN(C(=O)COc3ccccc3)C2)C1. The predicted octanol–water partition coefficient (Wildman–Crippen LogP) is 1.91. The molecule has 8 heteroatoms. The maximum absolute atomic E-state index is 12.6. The lowest BCUT2D eigenvalue weighted by molar-refractivity contribution is -0.142. The molecular weight excluding hydrogens is 384 g/mol. The van der Waals surface area contributed by atoms with Crippen molar-refractivity contribution >= 4 is 17.5 Å². The summed E-state index contributed by atoms with van der Waals surface area (Å²) in [5, 5.41) is 6.89. The van der Waals surface area contributed by atoms with Crippen LogP contribution in [0.25, 0.3) is 0 Å². The number of oxime groups is 1. The Hall–Kier alpha value is -3.42. The summed E-state index contributed by atoms with van der Waals surface area (Å²) in [5.41, 5.74) is 0.684. The molecule has 1 N–H and O–H groups in total. The number of ether oxygens (including phenoxy) is 1. The molecular formula is C22H24N4O4. The molecule has 1 aromatic heterocycles. The molecule has 8 nitrogen and oxygen atoms in total. The van der Waals surface area contributed by atoms with E-state index in [1.54, 1.807) is 17.3 Å². The number of benzene rings is 1. The molecule has 156 valence electrons. The fraction of sp³-hybridized carbons (Fsp3) is 0.364. The molecule has 1 aromatic carbocycles. The van der Waals surface area contributed by atoms with Crippen LogP contribution in [0.2, 0.25) is 0 Å². The fourth-order valence-electron chi connectivity index (χ4n) is 3.71. The van der Waals surface area contributed by atoms with Gasteiger partial charge >= 0.3 is 0 Å². The van der Waals surface area contributed by atoms with E-state index in [2.05, 4.69) is 15.5 Å². The Kier molecular flexibility index (Phi) is 5.92. The minimum absolute atomic E-state index is 0.0276. The smallest absolute Gasteiger partial charge is 0.269 e. The number of likely N-dealkylation sites (tertiary alicyclic amines) is 1. The molecule has 1 saturated heterocycles. The number of nitrogens with zero attached hydrogens (tertiary/aromatic N) is 3. The highest BCUT2D eigenvalue weighted by Gasteiger charge is 2.45. The third-order valence-corrected chi connectivity index (χ3v) is 5.30. The lowest BCUT2D eigenvalue weighted by Crippen LogP contribution is -2.52. The highest BCUT2D eigenvalue weighted by Crippen LogP contribution is 2.33. The number of amides is 2. The number of hydrogen-bond donors (Lipinski definition) is 1. The van der Waals surface area contributed by atoms with Gasteiger partial charge in [-0.3, -0.25) is 14.6 Å². The van der Waals surface area contributed by atoms with Crippen LogP contribution in [0.15, 0.2) is 60.0 Å². The number of nitrogens with one attached hydrogen (secondary N) is 1. The van der Waals surface area contributed by atoms with Crippen molar-refractivity contribution in [2.24, 2.45) is 5.16 Å². The monoisotopic (exact) mass is 408 g/mol. The Labute approximate surface area is 174 Å². The number of carbonyl (C=O) groups excluding carboxylic acids is 2. The van der Waals surface area contributed by atoms with Crippen LogP contribution in [0.4, 0.5) is 0 Å². The summed E-state index contributed by atoms with van der Waals surface area (Å²) >= 11 is 0. The highest BCUT2D eigenvalue weighted by atomic mass is 16.7. The van der Waals surface area contributed by atoms with Gasteiger partial charge in [0, 0.05) is 31.9 Å². The van der Waals surface area contributed by atoms with E-state index in [0.717, 1.165) is 18.4 Å². The van der Waals surface area contributed by atoms with Gasteiger partial charge in [0.2, 0.25) is 0 Å². The largest absolute Gasteiger partial charge is 0.484 e. The topological polar surface area (TPSA) is 93.1 Å². The maximum Gasteiger partial charge on any atom is 0.269 e. The molecule has 1 fully saturated rings.